The van der Waals surface area contributed by atoms with Gasteiger partial charge in [0.25, 0.3) is 0 Å². The van der Waals surface area contributed by atoms with Crippen LogP contribution >= 0.6 is 11.6 Å². The van der Waals surface area contributed by atoms with Crippen LogP contribution < -0.4 is 9.47 Å². The molecule has 5 heteroatoms. The first-order chi connectivity index (χ1) is 8.74. The van der Waals surface area contributed by atoms with Crippen molar-refractivity contribution in [2.45, 2.75) is 12.8 Å². The lowest BCUT2D eigenvalue weighted by Gasteiger charge is -2.12. The summed E-state index contributed by atoms with van der Waals surface area (Å²) in [5, 5.41) is 0.339. The quantitative estimate of drug-likeness (QED) is 0.434. The van der Waals surface area contributed by atoms with Gasteiger partial charge in [0.05, 0.1) is 18.7 Å². The van der Waals surface area contributed by atoms with E-state index < -0.39 is 0 Å². The van der Waals surface area contributed by atoms with Crippen molar-refractivity contribution in [3.05, 3.63) is 22.7 Å². The Morgan fingerprint density at radius 1 is 1.44 bits per heavy atom. The van der Waals surface area contributed by atoms with E-state index in [4.69, 9.17) is 25.8 Å². The molecule has 0 radical (unpaired) electrons. The molecule has 1 aromatic rings. The van der Waals surface area contributed by atoms with Gasteiger partial charge in [0.15, 0.2) is 18.3 Å². The molecule has 0 aliphatic heterocycles. The largest absolute Gasteiger partial charge is 0.493 e. The summed E-state index contributed by atoms with van der Waals surface area (Å²) in [5.74, 6) is 1.52. The van der Waals surface area contributed by atoms with Gasteiger partial charge in [0.1, 0.15) is 6.29 Å². The maximum absolute atomic E-state index is 10.7. The van der Waals surface area contributed by atoms with Gasteiger partial charge >= 0.3 is 0 Å². The Morgan fingerprint density at radius 3 is 2.83 bits per heavy atom. The summed E-state index contributed by atoms with van der Waals surface area (Å²) in [6.07, 6.45) is 3.18. The Kier molecular flexibility index (Phi) is 4.44. The van der Waals surface area contributed by atoms with E-state index in [0.29, 0.717) is 40.9 Å². The zero-order valence-corrected chi connectivity index (χ0v) is 10.9. The van der Waals surface area contributed by atoms with Gasteiger partial charge in [-0.05, 0) is 30.9 Å². The van der Waals surface area contributed by atoms with Gasteiger partial charge in [0.2, 0.25) is 0 Å². The first-order valence-electron chi connectivity index (χ1n) is 5.78. The predicted molar refractivity (Wildman–Crippen MR) is 67.6 cm³/mol. The second-order valence-electron chi connectivity index (χ2n) is 4.23. The highest BCUT2D eigenvalue weighted by atomic mass is 35.5. The lowest BCUT2D eigenvalue weighted by molar-refractivity contribution is 0.00871. The average molecular weight is 271 g/mol. The Bertz CT molecular complexity index is 429. The van der Waals surface area contributed by atoms with Crippen molar-refractivity contribution >= 4 is 17.9 Å². The van der Waals surface area contributed by atoms with Gasteiger partial charge in [-0.15, -0.1) is 0 Å². The molecule has 0 spiro atoms. The molecule has 4 nitrogen and oxygen atoms in total. The molecule has 18 heavy (non-hydrogen) atoms. The minimum absolute atomic E-state index is 0.132. The van der Waals surface area contributed by atoms with E-state index >= 15 is 0 Å². The van der Waals surface area contributed by atoms with Crippen molar-refractivity contribution in [2.24, 2.45) is 5.92 Å². The topological polar surface area (TPSA) is 44.8 Å². The van der Waals surface area contributed by atoms with Gasteiger partial charge in [-0.1, -0.05) is 11.6 Å². The molecule has 2 rings (SSSR count). The number of halogens is 1. The summed E-state index contributed by atoms with van der Waals surface area (Å²) in [6.45, 7) is 0.847. The molecule has 0 N–H and O–H groups in total. The smallest absolute Gasteiger partial charge is 0.189 e. The van der Waals surface area contributed by atoms with Crippen molar-refractivity contribution in [1.82, 2.24) is 0 Å². The number of carbonyl (C=O) groups excluding carboxylic acids is 1. The highest BCUT2D eigenvalue weighted by Gasteiger charge is 2.21. The molecule has 1 saturated carbocycles. The van der Waals surface area contributed by atoms with Crippen molar-refractivity contribution in [3.63, 3.8) is 0 Å². The Morgan fingerprint density at radius 2 is 2.22 bits per heavy atom. The normalized spacial score (nSPS) is 14.3. The van der Waals surface area contributed by atoms with Crippen LogP contribution in [0.4, 0.5) is 0 Å². The zero-order valence-electron chi connectivity index (χ0n) is 10.1. The number of benzene rings is 1. The molecular formula is C13H15ClO4. The van der Waals surface area contributed by atoms with Crippen LogP contribution in [0, 0.1) is 5.92 Å². The van der Waals surface area contributed by atoms with E-state index in [9.17, 15) is 4.79 Å². The first-order valence-corrected chi connectivity index (χ1v) is 6.15. The number of ether oxygens (including phenoxy) is 3. The predicted octanol–water partition coefficient (Wildman–Crippen LogP) is 2.92. The van der Waals surface area contributed by atoms with E-state index in [2.05, 4.69) is 0 Å². The van der Waals surface area contributed by atoms with Gasteiger partial charge in [-0.3, -0.25) is 4.79 Å². The Labute approximate surface area is 111 Å². The number of rotatable bonds is 7. The number of hydrogen-bond acceptors (Lipinski definition) is 4. The van der Waals surface area contributed by atoms with Crippen LogP contribution in [0.15, 0.2) is 12.1 Å². The molecule has 0 amide bonds. The van der Waals surface area contributed by atoms with Crippen LogP contribution in [0.25, 0.3) is 0 Å². The summed E-state index contributed by atoms with van der Waals surface area (Å²) in [5.41, 5.74) is 0.447. The lowest BCUT2D eigenvalue weighted by Crippen LogP contribution is -2.06. The van der Waals surface area contributed by atoms with Crippen LogP contribution in [0.2, 0.25) is 5.02 Å². The number of methoxy groups -OCH3 is 1. The SMILES string of the molecule is COc1cc(C=O)cc(Cl)c1OCOCC1CC1. The molecule has 1 aliphatic rings. The Balaban J connectivity index is 1.98. The van der Waals surface area contributed by atoms with Gasteiger partial charge < -0.3 is 14.2 Å². The molecule has 0 unspecified atom stereocenters. The van der Waals surface area contributed by atoms with Crippen LogP contribution in [-0.2, 0) is 4.74 Å². The van der Waals surface area contributed by atoms with Crippen LogP contribution in [0.3, 0.4) is 0 Å². The van der Waals surface area contributed by atoms with Crippen LogP contribution in [0.1, 0.15) is 23.2 Å². The molecule has 0 aromatic heterocycles. The summed E-state index contributed by atoms with van der Waals surface area (Å²) in [7, 11) is 1.50. The van der Waals surface area contributed by atoms with E-state index in [1.165, 1.54) is 26.0 Å². The monoisotopic (exact) mass is 270 g/mol. The summed E-state index contributed by atoms with van der Waals surface area (Å²) in [4.78, 5) is 10.7. The van der Waals surface area contributed by atoms with Gasteiger partial charge in [-0.25, -0.2) is 0 Å². The Hall–Kier alpha value is -1.26. The second-order valence-corrected chi connectivity index (χ2v) is 4.64. The fourth-order valence-corrected chi connectivity index (χ4v) is 1.82. The molecule has 1 aromatic carbocycles. The third-order valence-electron chi connectivity index (χ3n) is 2.72. The summed E-state index contributed by atoms with van der Waals surface area (Å²) < 4.78 is 15.9. The second kappa shape index (κ2) is 6.07. The molecule has 1 fully saturated rings. The van der Waals surface area contributed by atoms with E-state index in [-0.39, 0.29) is 6.79 Å². The third kappa shape index (κ3) is 3.37. The van der Waals surface area contributed by atoms with E-state index in [1.807, 2.05) is 0 Å². The van der Waals surface area contributed by atoms with E-state index in [1.54, 1.807) is 6.07 Å². The van der Waals surface area contributed by atoms with Gasteiger partial charge in [0, 0.05) is 5.56 Å². The summed E-state index contributed by atoms with van der Waals surface area (Å²) in [6, 6.07) is 3.11. The lowest BCUT2D eigenvalue weighted by atomic mass is 10.2. The number of hydrogen-bond donors (Lipinski definition) is 0. The molecule has 98 valence electrons. The van der Waals surface area contributed by atoms with Crippen molar-refractivity contribution in [3.8, 4) is 11.5 Å². The molecule has 0 atom stereocenters. The minimum atomic E-state index is 0.132. The first kappa shape index (κ1) is 13.2. The van der Waals surface area contributed by atoms with Crippen molar-refractivity contribution in [2.75, 3.05) is 20.5 Å². The molecular weight excluding hydrogens is 256 g/mol. The summed E-state index contributed by atoms with van der Waals surface area (Å²) >= 11 is 6.03. The van der Waals surface area contributed by atoms with Crippen LogP contribution in [0.5, 0.6) is 11.5 Å². The van der Waals surface area contributed by atoms with E-state index in [0.717, 1.165) is 0 Å². The molecule has 0 heterocycles. The fourth-order valence-electron chi connectivity index (χ4n) is 1.55. The third-order valence-corrected chi connectivity index (χ3v) is 3.01. The fraction of sp³-hybridized carbons (Fsp3) is 0.462. The highest BCUT2D eigenvalue weighted by Crippen LogP contribution is 2.36. The molecule has 0 bridgehead atoms. The average Bonchev–Trinajstić information content (AvgIpc) is 3.19. The van der Waals surface area contributed by atoms with Crippen molar-refractivity contribution < 1.29 is 19.0 Å². The zero-order chi connectivity index (χ0) is 13.0. The van der Waals surface area contributed by atoms with Crippen LogP contribution in [-0.4, -0.2) is 26.8 Å². The number of carbonyl (C=O) groups is 1. The number of aldehydes is 1. The maximum Gasteiger partial charge on any atom is 0.189 e. The molecule has 1 aliphatic carbocycles. The van der Waals surface area contributed by atoms with Crippen molar-refractivity contribution in [1.29, 1.82) is 0 Å². The molecule has 0 saturated heterocycles. The van der Waals surface area contributed by atoms with Gasteiger partial charge in [-0.2, -0.15) is 0 Å². The highest BCUT2D eigenvalue weighted by molar-refractivity contribution is 6.32. The minimum Gasteiger partial charge on any atom is -0.493 e. The maximum atomic E-state index is 10.7. The standard InChI is InChI=1S/C13H15ClO4/c1-16-12-5-10(6-15)4-11(14)13(12)18-8-17-7-9-2-3-9/h4-6,9H,2-3,7-8H2,1H3.